The van der Waals surface area contributed by atoms with Gasteiger partial charge in [0.1, 0.15) is 0 Å². The van der Waals surface area contributed by atoms with Crippen molar-refractivity contribution in [1.82, 2.24) is 4.98 Å². The van der Waals surface area contributed by atoms with E-state index in [-0.39, 0.29) is 5.91 Å². The maximum atomic E-state index is 11.0. The molecule has 2 rings (SSSR count). The molecule has 76 valence electrons. The molecule has 3 heteroatoms. The second-order valence-corrected chi connectivity index (χ2v) is 2.91. The molecule has 14 heavy (non-hydrogen) atoms. The summed E-state index contributed by atoms with van der Waals surface area (Å²) < 4.78 is 0. The molecule has 3 nitrogen and oxygen atoms in total. The van der Waals surface area contributed by atoms with Gasteiger partial charge in [-0.1, -0.05) is 20.8 Å². The average molecular weight is 192 g/mol. The number of hydrogen-bond acceptors (Lipinski definition) is 2. The number of aromatic nitrogens is 1. The van der Waals surface area contributed by atoms with Gasteiger partial charge in [-0.05, 0) is 18.1 Å². The minimum atomic E-state index is 0.0695. The smallest absolute Gasteiger partial charge is 0.228 e. The van der Waals surface area contributed by atoms with Crippen LogP contribution >= 0.6 is 0 Å². The Bertz CT molecular complexity index is 334. The Hall–Kier alpha value is -1.38. The molecule has 0 unspecified atom stereocenters. The van der Waals surface area contributed by atoms with Gasteiger partial charge in [0.05, 0.1) is 18.3 Å². The zero-order valence-corrected chi connectivity index (χ0v) is 8.92. The number of hydrogen-bond donors (Lipinski definition) is 1. The molecule has 0 spiro atoms. The number of aryl methyl sites for hydroxylation is 1. The molecule has 0 saturated heterocycles. The van der Waals surface area contributed by atoms with Crippen LogP contribution in [0.3, 0.4) is 0 Å². The van der Waals surface area contributed by atoms with Crippen LogP contribution in [-0.2, 0) is 17.6 Å². The Morgan fingerprint density at radius 3 is 2.86 bits per heavy atom. The fourth-order valence-corrected chi connectivity index (χ4v) is 1.37. The van der Waals surface area contributed by atoms with Crippen molar-refractivity contribution in [2.45, 2.75) is 33.6 Å². The monoisotopic (exact) mass is 192 g/mol. The first kappa shape index (κ1) is 10.7. The summed E-state index contributed by atoms with van der Waals surface area (Å²) in [6.07, 6.45) is 3.16. The molecule has 1 aromatic heterocycles. The fourth-order valence-electron chi connectivity index (χ4n) is 1.37. The summed E-state index contributed by atoms with van der Waals surface area (Å²) >= 11 is 0. The molecular formula is C11H16N2O. The molecule has 0 bridgehead atoms. The molecule has 0 radical (unpaired) electrons. The highest BCUT2D eigenvalue weighted by molar-refractivity contribution is 5.98. The molecule has 2 heterocycles. The third-order valence-corrected chi connectivity index (χ3v) is 2.03. The third-order valence-electron chi connectivity index (χ3n) is 2.03. The summed E-state index contributed by atoms with van der Waals surface area (Å²) in [4.78, 5) is 15.1. The van der Waals surface area contributed by atoms with Crippen molar-refractivity contribution in [2.24, 2.45) is 0 Å². The lowest BCUT2D eigenvalue weighted by atomic mass is 10.1. The highest BCUT2D eigenvalue weighted by atomic mass is 16.1. The van der Waals surface area contributed by atoms with Gasteiger partial charge in [0.25, 0.3) is 0 Å². The normalized spacial score (nSPS) is 12.6. The molecule has 1 aliphatic heterocycles. The van der Waals surface area contributed by atoms with E-state index in [1.54, 1.807) is 6.20 Å². The van der Waals surface area contributed by atoms with Crippen LogP contribution in [0, 0.1) is 0 Å². The Balaban J connectivity index is 0.000000461. The number of nitrogens with one attached hydrogen (secondary N) is 1. The quantitative estimate of drug-likeness (QED) is 0.741. The summed E-state index contributed by atoms with van der Waals surface area (Å²) in [6, 6.07) is 1.99. The zero-order valence-electron chi connectivity index (χ0n) is 8.92. The molecule has 1 aromatic rings. The van der Waals surface area contributed by atoms with Crippen molar-refractivity contribution < 1.29 is 4.79 Å². The predicted octanol–water partition coefficient (Wildman–Crippen LogP) is 2.16. The molecule has 1 amide bonds. The lowest BCUT2D eigenvalue weighted by Gasteiger charge is -1.99. The van der Waals surface area contributed by atoms with Gasteiger partial charge in [-0.3, -0.25) is 9.78 Å². The summed E-state index contributed by atoms with van der Waals surface area (Å²) in [5, 5.41) is 2.75. The molecule has 1 N–H and O–H groups in total. The van der Waals surface area contributed by atoms with Crippen LogP contribution in [0.5, 0.6) is 0 Å². The van der Waals surface area contributed by atoms with Gasteiger partial charge in [-0.15, -0.1) is 0 Å². The van der Waals surface area contributed by atoms with Crippen molar-refractivity contribution >= 4 is 11.6 Å². The van der Waals surface area contributed by atoms with E-state index in [2.05, 4.69) is 17.2 Å². The minimum absolute atomic E-state index is 0.0695. The minimum Gasteiger partial charge on any atom is -0.324 e. The second-order valence-electron chi connectivity index (χ2n) is 2.91. The van der Waals surface area contributed by atoms with Crippen LogP contribution in [0.25, 0.3) is 0 Å². The number of carbonyl (C=O) groups is 1. The van der Waals surface area contributed by atoms with E-state index >= 15 is 0 Å². The molecule has 0 saturated carbocycles. The van der Waals surface area contributed by atoms with Crippen LogP contribution in [0.4, 0.5) is 5.69 Å². The maximum Gasteiger partial charge on any atom is 0.228 e. The first-order chi connectivity index (χ1) is 6.79. The number of fused-ring (bicyclic) bond motifs is 1. The Labute approximate surface area is 84.6 Å². The van der Waals surface area contributed by atoms with Gasteiger partial charge < -0.3 is 5.32 Å². The summed E-state index contributed by atoms with van der Waals surface area (Å²) in [5.74, 6) is 0.0695. The first-order valence-electron chi connectivity index (χ1n) is 5.07. The van der Waals surface area contributed by atoms with E-state index in [9.17, 15) is 4.79 Å². The van der Waals surface area contributed by atoms with E-state index < -0.39 is 0 Å². The molecule has 0 aromatic carbocycles. The largest absolute Gasteiger partial charge is 0.324 e. The standard InChI is InChI=1S/C9H10N2O.C2H6/c1-2-7-3-6-4-9(12)11-8(6)5-10-7;1-2/h3,5H,2,4H2,1H3,(H,11,12);1-2H3. The van der Waals surface area contributed by atoms with Gasteiger partial charge in [0.2, 0.25) is 5.91 Å². The van der Waals surface area contributed by atoms with Crippen molar-refractivity contribution in [3.05, 3.63) is 23.5 Å². The SMILES string of the molecule is CC.CCc1cc2c(cn1)NC(=O)C2. The zero-order chi connectivity index (χ0) is 10.6. The van der Waals surface area contributed by atoms with Crippen LogP contribution < -0.4 is 5.32 Å². The highest BCUT2D eigenvalue weighted by Gasteiger charge is 2.17. The van der Waals surface area contributed by atoms with E-state index in [1.807, 2.05) is 19.9 Å². The molecule has 1 aliphatic rings. The van der Waals surface area contributed by atoms with Crippen LogP contribution in [0.1, 0.15) is 32.0 Å². The Kier molecular flexibility index (Phi) is 3.63. The van der Waals surface area contributed by atoms with Gasteiger partial charge in [0.15, 0.2) is 0 Å². The Morgan fingerprint density at radius 1 is 1.50 bits per heavy atom. The van der Waals surface area contributed by atoms with Crippen molar-refractivity contribution in [3.63, 3.8) is 0 Å². The van der Waals surface area contributed by atoms with Crippen molar-refractivity contribution in [3.8, 4) is 0 Å². The highest BCUT2D eigenvalue weighted by Crippen LogP contribution is 2.21. The number of pyridine rings is 1. The van der Waals surface area contributed by atoms with Crippen molar-refractivity contribution in [1.29, 1.82) is 0 Å². The summed E-state index contributed by atoms with van der Waals surface area (Å²) in [6.45, 7) is 6.05. The van der Waals surface area contributed by atoms with Gasteiger partial charge in [-0.25, -0.2) is 0 Å². The molecular weight excluding hydrogens is 176 g/mol. The van der Waals surface area contributed by atoms with Crippen LogP contribution in [-0.4, -0.2) is 10.9 Å². The van der Waals surface area contributed by atoms with Crippen LogP contribution in [0.2, 0.25) is 0 Å². The number of nitrogens with zero attached hydrogens (tertiary/aromatic N) is 1. The van der Waals surface area contributed by atoms with E-state index in [4.69, 9.17) is 0 Å². The second kappa shape index (κ2) is 4.74. The van der Waals surface area contributed by atoms with Gasteiger partial charge in [0, 0.05) is 5.69 Å². The lowest BCUT2D eigenvalue weighted by molar-refractivity contribution is -0.115. The molecule has 0 fully saturated rings. The summed E-state index contributed by atoms with van der Waals surface area (Å²) in [5.41, 5.74) is 2.99. The summed E-state index contributed by atoms with van der Waals surface area (Å²) in [7, 11) is 0. The van der Waals surface area contributed by atoms with Crippen LogP contribution in [0.15, 0.2) is 12.3 Å². The number of anilines is 1. The maximum absolute atomic E-state index is 11.0. The van der Waals surface area contributed by atoms with E-state index in [0.717, 1.165) is 23.4 Å². The Morgan fingerprint density at radius 2 is 2.21 bits per heavy atom. The van der Waals surface area contributed by atoms with Crippen molar-refractivity contribution in [2.75, 3.05) is 5.32 Å². The number of amides is 1. The first-order valence-corrected chi connectivity index (χ1v) is 5.07. The molecule has 0 aliphatic carbocycles. The van der Waals surface area contributed by atoms with Gasteiger partial charge in [-0.2, -0.15) is 0 Å². The van der Waals surface area contributed by atoms with Gasteiger partial charge >= 0.3 is 0 Å². The average Bonchev–Trinajstić information content (AvgIpc) is 2.59. The number of rotatable bonds is 1. The lowest BCUT2D eigenvalue weighted by Crippen LogP contribution is -2.03. The van der Waals surface area contributed by atoms with E-state index in [1.165, 1.54) is 0 Å². The third kappa shape index (κ3) is 2.10. The fraction of sp³-hybridized carbons (Fsp3) is 0.455. The number of carbonyl (C=O) groups excluding carboxylic acids is 1. The predicted molar refractivity (Wildman–Crippen MR) is 57.3 cm³/mol. The molecule has 0 atom stereocenters. The topological polar surface area (TPSA) is 42.0 Å². The van der Waals surface area contributed by atoms with E-state index in [0.29, 0.717) is 6.42 Å².